The normalized spacial score (nSPS) is 29.4. The number of hydrogen-bond acceptors (Lipinski definition) is 3. The van der Waals surface area contributed by atoms with Gasteiger partial charge in [-0.15, -0.1) is 0 Å². The molecule has 118 valence electrons. The molecule has 2 atom stereocenters. The molecule has 1 saturated carbocycles. The van der Waals surface area contributed by atoms with E-state index in [1.54, 1.807) is 0 Å². The summed E-state index contributed by atoms with van der Waals surface area (Å²) >= 11 is 0. The third-order valence-corrected chi connectivity index (χ3v) is 5.04. The molecule has 2 heterocycles. The highest BCUT2D eigenvalue weighted by Gasteiger charge is 2.36. The number of hydrogen-bond donors (Lipinski definition) is 2. The van der Waals surface area contributed by atoms with Crippen LogP contribution in [0, 0.1) is 17.8 Å². The van der Waals surface area contributed by atoms with Crippen LogP contribution in [0.4, 0.5) is 0 Å². The Labute approximate surface area is 126 Å². The highest BCUT2D eigenvalue weighted by Crippen LogP contribution is 2.32. The summed E-state index contributed by atoms with van der Waals surface area (Å²) < 4.78 is 0. The van der Waals surface area contributed by atoms with Crippen LogP contribution in [-0.2, 0) is 9.59 Å². The summed E-state index contributed by atoms with van der Waals surface area (Å²) in [7, 11) is 0. The van der Waals surface area contributed by atoms with Gasteiger partial charge in [-0.05, 0) is 57.5 Å². The fourth-order valence-electron chi connectivity index (χ4n) is 3.48. The number of piperidine rings is 1. The van der Waals surface area contributed by atoms with Gasteiger partial charge in [0.2, 0.25) is 11.8 Å². The molecule has 5 nitrogen and oxygen atoms in total. The lowest BCUT2D eigenvalue weighted by atomic mass is 9.96. The van der Waals surface area contributed by atoms with Gasteiger partial charge in [-0.2, -0.15) is 0 Å². The Bertz CT molecular complexity index is 389. The van der Waals surface area contributed by atoms with Gasteiger partial charge >= 0.3 is 0 Å². The van der Waals surface area contributed by atoms with Crippen molar-refractivity contribution in [2.75, 3.05) is 32.7 Å². The molecule has 0 aromatic carbocycles. The monoisotopic (exact) mass is 293 g/mol. The Kier molecular flexibility index (Phi) is 4.78. The van der Waals surface area contributed by atoms with Crippen LogP contribution in [-0.4, -0.2) is 49.4 Å². The van der Waals surface area contributed by atoms with E-state index in [1.165, 1.54) is 6.42 Å². The molecule has 3 rings (SSSR count). The zero-order valence-electron chi connectivity index (χ0n) is 12.8. The molecular formula is C16H27N3O2. The van der Waals surface area contributed by atoms with Crippen LogP contribution in [0.5, 0.6) is 0 Å². The highest BCUT2D eigenvalue weighted by molar-refractivity contribution is 5.83. The average Bonchev–Trinajstić information content (AvgIpc) is 3.24. The molecule has 2 saturated heterocycles. The van der Waals surface area contributed by atoms with E-state index in [4.69, 9.17) is 0 Å². The number of nitrogens with zero attached hydrogens (tertiary/aromatic N) is 1. The Morgan fingerprint density at radius 3 is 2.71 bits per heavy atom. The van der Waals surface area contributed by atoms with Crippen molar-refractivity contribution in [2.24, 2.45) is 17.8 Å². The van der Waals surface area contributed by atoms with Gasteiger partial charge in [-0.25, -0.2) is 0 Å². The average molecular weight is 293 g/mol. The summed E-state index contributed by atoms with van der Waals surface area (Å²) in [5.74, 6) is 1.41. The summed E-state index contributed by atoms with van der Waals surface area (Å²) in [4.78, 5) is 26.3. The largest absolute Gasteiger partial charge is 0.356 e. The van der Waals surface area contributed by atoms with Crippen molar-refractivity contribution in [3.8, 4) is 0 Å². The molecule has 0 bridgehead atoms. The summed E-state index contributed by atoms with van der Waals surface area (Å²) in [5.41, 5.74) is 0. The lowest BCUT2D eigenvalue weighted by Gasteiger charge is -2.32. The van der Waals surface area contributed by atoms with Crippen molar-refractivity contribution in [3.63, 3.8) is 0 Å². The number of carbonyl (C=O) groups excluding carboxylic acids is 2. The molecule has 21 heavy (non-hydrogen) atoms. The SMILES string of the molecule is O=C(NCCC1CCNC1)C1CCCN(C(=O)C2CC2)C1. The molecule has 3 aliphatic rings. The topological polar surface area (TPSA) is 61.4 Å². The van der Waals surface area contributed by atoms with Crippen LogP contribution in [0.2, 0.25) is 0 Å². The van der Waals surface area contributed by atoms with Crippen molar-refractivity contribution < 1.29 is 9.59 Å². The Balaban J connectivity index is 1.39. The first-order valence-electron chi connectivity index (χ1n) is 8.51. The Hall–Kier alpha value is -1.10. The molecule has 2 unspecified atom stereocenters. The maximum absolute atomic E-state index is 12.3. The zero-order valence-corrected chi connectivity index (χ0v) is 12.8. The summed E-state index contributed by atoms with van der Waals surface area (Å²) in [6.45, 7) is 4.44. The molecule has 2 aliphatic heterocycles. The molecule has 2 N–H and O–H groups in total. The second-order valence-corrected chi connectivity index (χ2v) is 6.84. The maximum atomic E-state index is 12.3. The standard InChI is InChI=1S/C16H27N3O2/c20-15(18-8-6-12-5-7-17-10-12)14-2-1-9-19(11-14)16(21)13-3-4-13/h12-14,17H,1-11H2,(H,18,20). The van der Waals surface area contributed by atoms with Crippen LogP contribution in [0.1, 0.15) is 38.5 Å². The Morgan fingerprint density at radius 2 is 2.00 bits per heavy atom. The van der Waals surface area contributed by atoms with Crippen LogP contribution >= 0.6 is 0 Å². The second-order valence-electron chi connectivity index (χ2n) is 6.84. The van der Waals surface area contributed by atoms with Gasteiger partial charge in [0.1, 0.15) is 0 Å². The van der Waals surface area contributed by atoms with Gasteiger partial charge in [0.15, 0.2) is 0 Å². The zero-order chi connectivity index (χ0) is 14.7. The highest BCUT2D eigenvalue weighted by atomic mass is 16.2. The first-order valence-corrected chi connectivity index (χ1v) is 8.51. The van der Waals surface area contributed by atoms with Crippen molar-refractivity contribution >= 4 is 11.8 Å². The summed E-state index contributed by atoms with van der Waals surface area (Å²) in [5, 5.41) is 6.43. The second kappa shape index (κ2) is 6.77. The van der Waals surface area contributed by atoms with E-state index < -0.39 is 0 Å². The van der Waals surface area contributed by atoms with E-state index in [-0.39, 0.29) is 23.7 Å². The first kappa shape index (κ1) is 14.8. The maximum Gasteiger partial charge on any atom is 0.225 e. The predicted octanol–water partition coefficient (Wildman–Crippen LogP) is 0.751. The molecule has 0 aromatic rings. The summed E-state index contributed by atoms with van der Waals surface area (Å²) in [6.07, 6.45) is 6.26. The number of likely N-dealkylation sites (tertiary alicyclic amines) is 1. The molecule has 2 amide bonds. The van der Waals surface area contributed by atoms with Crippen LogP contribution in [0.15, 0.2) is 0 Å². The van der Waals surface area contributed by atoms with Crippen molar-refractivity contribution in [3.05, 3.63) is 0 Å². The molecule has 0 radical (unpaired) electrons. The smallest absolute Gasteiger partial charge is 0.225 e. The van der Waals surface area contributed by atoms with Crippen molar-refractivity contribution in [2.45, 2.75) is 38.5 Å². The third-order valence-electron chi connectivity index (χ3n) is 5.04. The van der Waals surface area contributed by atoms with E-state index in [0.29, 0.717) is 12.5 Å². The Morgan fingerprint density at radius 1 is 1.14 bits per heavy atom. The first-order chi connectivity index (χ1) is 10.2. The summed E-state index contributed by atoms with van der Waals surface area (Å²) in [6, 6.07) is 0. The molecule has 1 aliphatic carbocycles. The van der Waals surface area contributed by atoms with E-state index in [9.17, 15) is 9.59 Å². The van der Waals surface area contributed by atoms with Crippen LogP contribution in [0.25, 0.3) is 0 Å². The van der Waals surface area contributed by atoms with Crippen molar-refractivity contribution in [1.29, 1.82) is 0 Å². The molecule has 0 spiro atoms. The van der Waals surface area contributed by atoms with E-state index in [0.717, 1.165) is 58.3 Å². The van der Waals surface area contributed by atoms with Gasteiger partial charge in [0.05, 0.1) is 5.92 Å². The number of amides is 2. The molecule has 0 aromatic heterocycles. The van der Waals surface area contributed by atoms with E-state index in [1.807, 2.05) is 4.90 Å². The van der Waals surface area contributed by atoms with Gasteiger partial charge in [0, 0.05) is 25.6 Å². The van der Waals surface area contributed by atoms with Crippen LogP contribution in [0.3, 0.4) is 0 Å². The van der Waals surface area contributed by atoms with E-state index in [2.05, 4.69) is 10.6 Å². The fourth-order valence-corrected chi connectivity index (χ4v) is 3.48. The lowest BCUT2D eigenvalue weighted by molar-refractivity contribution is -0.136. The molecule has 3 fully saturated rings. The lowest BCUT2D eigenvalue weighted by Crippen LogP contribution is -2.46. The molecule has 5 heteroatoms. The fraction of sp³-hybridized carbons (Fsp3) is 0.875. The van der Waals surface area contributed by atoms with Crippen LogP contribution < -0.4 is 10.6 Å². The quantitative estimate of drug-likeness (QED) is 0.786. The van der Waals surface area contributed by atoms with Crippen molar-refractivity contribution in [1.82, 2.24) is 15.5 Å². The number of nitrogens with one attached hydrogen (secondary N) is 2. The minimum atomic E-state index is 0.00292. The predicted molar refractivity (Wildman–Crippen MR) is 80.6 cm³/mol. The van der Waals surface area contributed by atoms with E-state index >= 15 is 0 Å². The van der Waals surface area contributed by atoms with Gasteiger partial charge in [-0.3, -0.25) is 9.59 Å². The van der Waals surface area contributed by atoms with Gasteiger partial charge < -0.3 is 15.5 Å². The minimum absolute atomic E-state index is 0.00292. The number of carbonyl (C=O) groups is 2. The third kappa shape index (κ3) is 3.96. The number of rotatable bonds is 5. The van der Waals surface area contributed by atoms with Gasteiger partial charge in [0.25, 0.3) is 0 Å². The minimum Gasteiger partial charge on any atom is -0.356 e. The van der Waals surface area contributed by atoms with Gasteiger partial charge in [-0.1, -0.05) is 0 Å². The molecular weight excluding hydrogens is 266 g/mol.